The summed E-state index contributed by atoms with van der Waals surface area (Å²) >= 11 is 0. The summed E-state index contributed by atoms with van der Waals surface area (Å²) in [6.45, 7) is 0. The molecule has 2 aliphatic rings. The molecule has 7 rings (SSSR count). The highest BCUT2D eigenvalue weighted by atomic mass is 31.2. The third-order valence-corrected chi connectivity index (χ3v) is 11.1. The molecule has 5 aromatic carbocycles. The fourth-order valence-electron chi connectivity index (χ4n) is 5.84. The van der Waals surface area contributed by atoms with Gasteiger partial charge in [-0.2, -0.15) is 0 Å². The van der Waals surface area contributed by atoms with E-state index in [2.05, 4.69) is 41.3 Å². The fraction of sp³-hybridized carbons (Fsp3) is 0.0857. The molecule has 5 heteroatoms. The first kappa shape index (κ1) is 24.5. The number of fused-ring (bicyclic) bond motifs is 2. The molecule has 0 radical (unpaired) electrons. The van der Waals surface area contributed by atoms with Gasteiger partial charge in [0, 0.05) is 34.1 Å². The number of rotatable bonds is 4. The van der Waals surface area contributed by atoms with Crippen molar-refractivity contribution in [1.82, 2.24) is 4.90 Å². The van der Waals surface area contributed by atoms with Gasteiger partial charge >= 0.3 is 0 Å². The molecule has 0 bridgehead atoms. The summed E-state index contributed by atoms with van der Waals surface area (Å²) in [5.74, 6) is 1.56. The first-order valence-corrected chi connectivity index (χ1v) is 15.2. The average molecular weight is 538 g/mol. The van der Waals surface area contributed by atoms with E-state index in [1.54, 1.807) is 0 Å². The summed E-state index contributed by atoms with van der Waals surface area (Å²) in [5, 5.41) is 2.72. The van der Waals surface area contributed by atoms with Crippen LogP contribution < -0.4 is 15.9 Å². The van der Waals surface area contributed by atoms with Crippen LogP contribution in [-0.4, -0.2) is 23.6 Å². The van der Waals surface area contributed by atoms with Crippen molar-refractivity contribution in [3.05, 3.63) is 161 Å². The van der Waals surface area contributed by atoms with Crippen LogP contribution in [-0.2, 0) is 11.0 Å². The van der Waals surface area contributed by atoms with Crippen molar-refractivity contribution in [2.45, 2.75) is 12.6 Å². The van der Waals surface area contributed by atoms with Gasteiger partial charge in [-0.1, -0.05) is 121 Å². The number of hydrogen-bond acceptors (Lipinski definition) is 4. The molecule has 4 nitrogen and oxygen atoms in total. The molecule has 0 saturated heterocycles. The van der Waals surface area contributed by atoms with E-state index in [9.17, 15) is 0 Å². The van der Waals surface area contributed by atoms with E-state index in [-0.39, 0.29) is 6.17 Å². The summed E-state index contributed by atoms with van der Waals surface area (Å²) in [6, 6.07) is 44.9. The molecule has 0 amide bonds. The smallest absolute Gasteiger partial charge is 0.171 e. The van der Waals surface area contributed by atoms with Crippen LogP contribution in [0.1, 0.15) is 34.0 Å². The van der Waals surface area contributed by atoms with Crippen molar-refractivity contribution < 1.29 is 4.57 Å². The van der Waals surface area contributed by atoms with Crippen LogP contribution in [0, 0.1) is 0 Å². The number of amidine groups is 2. The Bertz CT molecular complexity index is 1810. The predicted octanol–water partition coefficient (Wildman–Crippen LogP) is 6.07. The van der Waals surface area contributed by atoms with Crippen LogP contribution in [0.2, 0.25) is 0 Å². The molecule has 0 fully saturated rings. The van der Waals surface area contributed by atoms with E-state index in [0.717, 1.165) is 56.0 Å². The molecule has 5 aromatic rings. The van der Waals surface area contributed by atoms with Crippen molar-refractivity contribution in [1.29, 1.82) is 0 Å². The van der Waals surface area contributed by atoms with E-state index in [0.29, 0.717) is 5.84 Å². The maximum absolute atomic E-state index is 15.0. The predicted molar refractivity (Wildman–Crippen MR) is 165 cm³/mol. The van der Waals surface area contributed by atoms with Crippen molar-refractivity contribution in [3.8, 4) is 0 Å². The zero-order valence-electron chi connectivity index (χ0n) is 22.2. The average Bonchev–Trinajstić information content (AvgIpc) is 3.02. The Labute approximate surface area is 234 Å². The quantitative estimate of drug-likeness (QED) is 0.256. The number of aliphatic imine (C=N–C) groups is 2. The Morgan fingerprint density at radius 2 is 1.30 bits per heavy atom. The summed E-state index contributed by atoms with van der Waals surface area (Å²) in [5.41, 5.74) is 5.27. The highest BCUT2D eigenvalue weighted by molar-refractivity contribution is 7.85. The minimum atomic E-state index is -3.02. The summed E-state index contributed by atoms with van der Waals surface area (Å²) in [4.78, 5) is 12.3. The molecule has 0 N–H and O–H groups in total. The number of nitrogens with zero attached hydrogens (tertiary/aromatic N) is 3. The van der Waals surface area contributed by atoms with Crippen molar-refractivity contribution in [2.75, 3.05) is 7.05 Å². The van der Waals surface area contributed by atoms with Crippen LogP contribution in [0.15, 0.2) is 143 Å². The highest BCUT2D eigenvalue weighted by Gasteiger charge is 2.37. The fourth-order valence-corrected chi connectivity index (χ4v) is 8.93. The summed E-state index contributed by atoms with van der Waals surface area (Å²) < 4.78 is 15.0. The van der Waals surface area contributed by atoms with Crippen LogP contribution in [0.5, 0.6) is 0 Å². The molecule has 2 unspecified atom stereocenters. The van der Waals surface area contributed by atoms with E-state index in [4.69, 9.17) is 9.98 Å². The SMILES string of the molecule is CN1C(c2ccc3c(c2)Cc2ccccc2P3(=O)c2ccccc2)=NC(c2ccccc2)=NC1c1ccccc1. The first-order valence-electron chi connectivity index (χ1n) is 13.5. The molecule has 0 spiro atoms. The van der Waals surface area contributed by atoms with Crippen LogP contribution >= 0.6 is 7.14 Å². The Kier molecular flexibility index (Phi) is 6.06. The van der Waals surface area contributed by atoms with Gasteiger partial charge < -0.3 is 9.46 Å². The lowest BCUT2D eigenvalue weighted by molar-refractivity contribution is 0.383. The van der Waals surface area contributed by atoms with Crippen molar-refractivity contribution in [3.63, 3.8) is 0 Å². The lowest BCUT2D eigenvalue weighted by Gasteiger charge is -2.33. The van der Waals surface area contributed by atoms with E-state index >= 15 is 4.57 Å². The molecule has 2 aliphatic heterocycles. The largest absolute Gasteiger partial charge is 0.333 e. The minimum absolute atomic E-state index is 0.212. The van der Waals surface area contributed by atoms with Gasteiger partial charge in [-0.3, -0.25) is 0 Å². The third-order valence-electron chi connectivity index (χ3n) is 7.80. The number of hydrogen-bond donors (Lipinski definition) is 0. The Hall–Kier alpha value is -4.53. The lowest BCUT2D eigenvalue weighted by atomic mass is 10.0. The van der Waals surface area contributed by atoms with Gasteiger partial charge in [-0.25, -0.2) is 9.98 Å². The minimum Gasteiger partial charge on any atom is -0.333 e. The van der Waals surface area contributed by atoms with Gasteiger partial charge in [-0.05, 0) is 35.2 Å². The molecule has 2 atom stereocenters. The second kappa shape index (κ2) is 9.89. The molecular weight excluding hydrogens is 509 g/mol. The van der Waals surface area contributed by atoms with Gasteiger partial charge in [0.15, 0.2) is 13.0 Å². The molecule has 194 valence electrons. The summed E-state index contributed by atoms with van der Waals surface area (Å²) in [6.07, 6.45) is 0.519. The third kappa shape index (κ3) is 4.04. The summed E-state index contributed by atoms with van der Waals surface area (Å²) in [7, 11) is -0.971. The Morgan fingerprint density at radius 1 is 0.675 bits per heavy atom. The topological polar surface area (TPSA) is 45.0 Å². The van der Waals surface area contributed by atoms with E-state index in [1.807, 2.05) is 104 Å². The van der Waals surface area contributed by atoms with Gasteiger partial charge in [0.2, 0.25) is 0 Å². The lowest BCUT2D eigenvalue weighted by Crippen LogP contribution is -2.37. The normalized spacial score (nSPS) is 19.7. The first-order chi connectivity index (χ1) is 19.6. The molecule has 0 aromatic heterocycles. The van der Waals surface area contributed by atoms with Crippen molar-refractivity contribution in [2.24, 2.45) is 9.98 Å². The zero-order valence-corrected chi connectivity index (χ0v) is 23.1. The van der Waals surface area contributed by atoms with Crippen LogP contribution in [0.3, 0.4) is 0 Å². The van der Waals surface area contributed by atoms with Gasteiger partial charge in [0.25, 0.3) is 0 Å². The molecular formula is C35H28N3OP. The highest BCUT2D eigenvalue weighted by Crippen LogP contribution is 2.47. The zero-order chi connectivity index (χ0) is 27.1. The van der Waals surface area contributed by atoms with Crippen molar-refractivity contribution >= 4 is 34.7 Å². The standard InChI is InChI=1S/C35H28N3OP/c1-38-34(26-15-7-3-8-16-26)36-33(25-13-5-2-6-14-25)37-35(38)28-21-22-32-29(24-28)23-27-17-11-12-20-31(27)40(32,39)30-18-9-4-10-19-30/h2-22,24,34H,23H2,1H3. The Balaban J connectivity index is 1.38. The molecule has 40 heavy (non-hydrogen) atoms. The van der Waals surface area contributed by atoms with E-state index in [1.165, 1.54) is 0 Å². The maximum atomic E-state index is 15.0. The van der Waals surface area contributed by atoms with Gasteiger partial charge in [0.05, 0.1) is 0 Å². The van der Waals surface area contributed by atoms with Gasteiger partial charge in [0.1, 0.15) is 12.0 Å². The van der Waals surface area contributed by atoms with Crippen LogP contribution in [0.25, 0.3) is 0 Å². The monoisotopic (exact) mass is 537 g/mol. The number of benzene rings is 5. The van der Waals surface area contributed by atoms with Crippen LogP contribution in [0.4, 0.5) is 0 Å². The Morgan fingerprint density at radius 3 is 2.05 bits per heavy atom. The van der Waals surface area contributed by atoms with E-state index < -0.39 is 7.14 Å². The maximum Gasteiger partial charge on any atom is 0.171 e. The molecule has 2 heterocycles. The second-order valence-electron chi connectivity index (χ2n) is 10.2. The molecule has 0 saturated carbocycles. The van der Waals surface area contributed by atoms with Gasteiger partial charge in [-0.15, -0.1) is 0 Å². The molecule has 0 aliphatic carbocycles. The second-order valence-corrected chi connectivity index (χ2v) is 12.9.